The molecule has 0 aliphatic heterocycles. The van der Waals surface area contributed by atoms with Gasteiger partial charge >= 0.3 is 11.9 Å². The molecule has 1 aliphatic rings. The van der Waals surface area contributed by atoms with E-state index >= 15 is 0 Å². The summed E-state index contributed by atoms with van der Waals surface area (Å²) in [4.78, 5) is 23.8. The second kappa shape index (κ2) is 8.76. The van der Waals surface area contributed by atoms with Gasteiger partial charge in [-0.15, -0.1) is 0 Å². The number of carboxylic acids is 1. The molecule has 156 valence electrons. The lowest BCUT2D eigenvalue weighted by Gasteiger charge is -2.38. The quantitative estimate of drug-likeness (QED) is 0.528. The molecule has 0 bridgehead atoms. The van der Waals surface area contributed by atoms with Crippen molar-refractivity contribution in [2.75, 3.05) is 6.61 Å². The monoisotopic (exact) mass is 408 g/mol. The molecule has 1 aromatic carbocycles. The van der Waals surface area contributed by atoms with Gasteiger partial charge in [0.2, 0.25) is 0 Å². The van der Waals surface area contributed by atoms with Crippen molar-refractivity contribution in [3.8, 4) is 0 Å². The molecule has 1 unspecified atom stereocenters. The summed E-state index contributed by atoms with van der Waals surface area (Å²) < 4.78 is 12.0. The molecule has 2 N–H and O–H groups in total. The Hall–Kier alpha value is -1.70. The zero-order valence-electron chi connectivity index (χ0n) is 17.3. The summed E-state index contributed by atoms with van der Waals surface area (Å²) in [5.74, 6) is -2.55. The van der Waals surface area contributed by atoms with Crippen LogP contribution in [0.15, 0.2) is 30.3 Å². The fourth-order valence-corrected chi connectivity index (χ4v) is 4.36. The van der Waals surface area contributed by atoms with E-state index < -0.39 is 38.4 Å². The van der Waals surface area contributed by atoms with Gasteiger partial charge in [0, 0.05) is 18.4 Å². The number of carbonyl (C=O) groups excluding carboxylic acids is 1. The third-order valence-corrected chi connectivity index (χ3v) is 10.7. The Morgan fingerprint density at radius 2 is 1.79 bits per heavy atom. The number of rotatable bonds is 7. The van der Waals surface area contributed by atoms with Crippen LogP contribution in [0.1, 0.15) is 44.0 Å². The van der Waals surface area contributed by atoms with Crippen molar-refractivity contribution >= 4 is 20.3 Å². The predicted molar refractivity (Wildman–Crippen MR) is 109 cm³/mol. The zero-order valence-corrected chi connectivity index (χ0v) is 18.3. The first-order valence-corrected chi connectivity index (χ1v) is 12.7. The SMILES string of the molecule is CC(C)(C)[Si](C)(C)OC[C@H]1[C@H](OC(=O)c2ccccc2)CC[C@H]1C(O)C(=O)O. The highest BCUT2D eigenvalue weighted by molar-refractivity contribution is 6.74. The lowest BCUT2D eigenvalue weighted by atomic mass is 9.90. The summed E-state index contributed by atoms with van der Waals surface area (Å²) in [6.07, 6.45) is -0.977. The van der Waals surface area contributed by atoms with Crippen molar-refractivity contribution in [2.45, 2.75) is 64.0 Å². The second-order valence-corrected chi connectivity index (χ2v) is 13.9. The number of aliphatic hydroxyl groups excluding tert-OH is 1. The molecule has 2 rings (SSSR count). The molecule has 1 fully saturated rings. The molecular formula is C21H32O6Si. The molecule has 0 amide bonds. The van der Waals surface area contributed by atoms with E-state index in [9.17, 15) is 19.8 Å². The summed E-state index contributed by atoms with van der Waals surface area (Å²) in [6, 6.07) is 8.71. The maximum absolute atomic E-state index is 12.5. The maximum Gasteiger partial charge on any atom is 0.338 e. The molecule has 0 radical (unpaired) electrons. The molecule has 1 aliphatic carbocycles. The van der Waals surface area contributed by atoms with Crippen LogP contribution in [-0.4, -0.2) is 49.3 Å². The molecule has 28 heavy (non-hydrogen) atoms. The number of ether oxygens (including phenoxy) is 1. The molecule has 7 heteroatoms. The van der Waals surface area contributed by atoms with Gasteiger partial charge in [0.15, 0.2) is 14.4 Å². The highest BCUT2D eigenvalue weighted by Gasteiger charge is 2.46. The predicted octanol–water partition coefficient (Wildman–Crippen LogP) is 3.71. The van der Waals surface area contributed by atoms with Crippen LogP contribution in [-0.2, 0) is 14.0 Å². The first kappa shape index (κ1) is 22.6. The summed E-state index contributed by atoms with van der Waals surface area (Å²) in [7, 11) is -2.07. The third-order valence-electron chi connectivity index (χ3n) is 6.18. The van der Waals surface area contributed by atoms with Gasteiger partial charge in [0.1, 0.15) is 6.10 Å². The number of benzene rings is 1. The van der Waals surface area contributed by atoms with Gasteiger partial charge in [-0.05, 0) is 43.1 Å². The number of hydrogen-bond acceptors (Lipinski definition) is 5. The fraction of sp³-hybridized carbons (Fsp3) is 0.619. The Labute approximate surface area is 168 Å². The lowest BCUT2D eigenvalue weighted by molar-refractivity contribution is -0.151. The molecule has 0 aromatic heterocycles. The van der Waals surface area contributed by atoms with Gasteiger partial charge in [-0.2, -0.15) is 0 Å². The summed E-state index contributed by atoms with van der Waals surface area (Å²) in [5, 5.41) is 19.4. The molecule has 6 nitrogen and oxygen atoms in total. The molecule has 0 heterocycles. The average molecular weight is 409 g/mol. The summed E-state index contributed by atoms with van der Waals surface area (Å²) in [6.45, 7) is 10.9. The Balaban J connectivity index is 2.16. The first-order valence-electron chi connectivity index (χ1n) is 9.75. The lowest BCUT2D eigenvalue weighted by Crippen LogP contribution is -2.45. The van der Waals surface area contributed by atoms with Crippen molar-refractivity contribution < 1.29 is 29.0 Å². The Kier molecular flexibility index (Phi) is 7.06. The van der Waals surface area contributed by atoms with Crippen LogP contribution < -0.4 is 0 Å². The third kappa shape index (κ3) is 5.21. The maximum atomic E-state index is 12.5. The minimum atomic E-state index is -2.07. The van der Waals surface area contributed by atoms with Gasteiger partial charge in [0.05, 0.1) is 5.56 Å². The highest BCUT2D eigenvalue weighted by atomic mass is 28.4. The van der Waals surface area contributed by atoms with Gasteiger partial charge < -0.3 is 19.4 Å². The highest BCUT2D eigenvalue weighted by Crippen LogP contribution is 2.41. The van der Waals surface area contributed by atoms with Gasteiger partial charge in [0.25, 0.3) is 0 Å². The van der Waals surface area contributed by atoms with Crippen LogP contribution in [0.25, 0.3) is 0 Å². The van der Waals surface area contributed by atoms with E-state index in [4.69, 9.17) is 9.16 Å². The fourth-order valence-electron chi connectivity index (χ4n) is 3.31. The molecule has 0 spiro atoms. The molecule has 1 saturated carbocycles. The number of esters is 1. The number of carboxylic acid groups (broad SMARTS) is 1. The first-order chi connectivity index (χ1) is 12.9. The largest absolute Gasteiger partial charge is 0.479 e. The topological polar surface area (TPSA) is 93.1 Å². The number of carbonyl (C=O) groups is 2. The van der Waals surface area contributed by atoms with E-state index in [-0.39, 0.29) is 17.6 Å². The standard InChI is InChI=1S/C21H32O6Si/c1-21(2,3)28(4,5)26-13-16-15(18(22)19(23)24)11-12-17(16)27-20(25)14-9-7-6-8-10-14/h6-10,15-18,22H,11-13H2,1-5H3,(H,23,24)/t15-,16-,17-,18?/m1/s1. The average Bonchev–Trinajstić information content (AvgIpc) is 3.01. The molecular weight excluding hydrogens is 376 g/mol. The van der Waals surface area contributed by atoms with Crippen molar-refractivity contribution in [3.63, 3.8) is 0 Å². The van der Waals surface area contributed by atoms with E-state index in [1.165, 1.54) is 0 Å². The molecule has 0 saturated heterocycles. The van der Waals surface area contributed by atoms with Crippen LogP contribution in [0.5, 0.6) is 0 Å². The van der Waals surface area contributed by atoms with Crippen LogP contribution >= 0.6 is 0 Å². The van der Waals surface area contributed by atoms with Crippen LogP contribution in [0, 0.1) is 11.8 Å². The van der Waals surface area contributed by atoms with Crippen LogP contribution in [0.2, 0.25) is 18.1 Å². The van der Waals surface area contributed by atoms with Gasteiger partial charge in [-0.25, -0.2) is 9.59 Å². The molecule has 1 aromatic rings. The van der Waals surface area contributed by atoms with E-state index in [2.05, 4.69) is 33.9 Å². The van der Waals surface area contributed by atoms with Crippen LogP contribution in [0.3, 0.4) is 0 Å². The van der Waals surface area contributed by atoms with Gasteiger partial charge in [-0.3, -0.25) is 0 Å². The second-order valence-electron chi connectivity index (χ2n) is 9.07. The summed E-state index contributed by atoms with van der Waals surface area (Å²) >= 11 is 0. The minimum Gasteiger partial charge on any atom is -0.479 e. The van der Waals surface area contributed by atoms with Gasteiger partial charge in [-0.1, -0.05) is 39.0 Å². The van der Waals surface area contributed by atoms with Crippen LogP contribution in [0.4, 0.5) is 0 Å². The Morgan fingerprint density at radius 1 is 1.18 bits per heavy atom. The van der Waals surface area contributed by atoms with Crippen molar-refractivity contribution in [2.24, 2.45) is 11.8 Å². The number of hydrogen-bond donors (Lipinski definition) is 2. The minimum absolute atomic E-state index is 0.00271. The Bertz CT molecular complexity index is 682. The van der Waals surface area contributed by atoms with Crippen molar-refractivity contribution in [1.82, 2.24) is 0 Å². The number of aliphatic carboxylic acids is 1. The van der Waals surface area contributed by atoms with E-state index in [0.29, 0.717) is 18.4 Å². The Morgan fingerprint density at radius 3 is 2.32 bits per heavy atom. The zero-order chi connectivity index (χ0) is 21.1. The van der Waals surface area contributed by atoms with Crippen molar-refractivity contribution in [1.29, 1.82) is 0 Å². The summed E-state index contributed by atoms with van der Waals surface area (Å²) in [5.41, 5.74) is 0.453. The van der Waals surface area contributed by atoms with E-state index in [0.717, 1.165) is 0 Å². The van der Waals surface area contributed by atoms with E-state index in [1.807, 2.05) is 6.07 Å². The number of aliphatic hydroxyl groups is 1. The normalized spacial score (nSPS) is 24.0. The molecule has 4 atom stereocenters. The van der Waals surface area contributed by atoms with Crippen molar-refractivity contribution in [3.05, 3.63) is 35.9 Å². The van der Waals surface area contributed by atoms with E-state index in [1.54, 1.807) is 24.3 Å². The smallest absolute Gasteiger partial charge is 0.338 e.